The second-order valence-electron chi connectivity index (χ2n) is 7.02. The number of anilines is 1. The number of halogens is 2. The molecular formula is C18H25ClFN5O. The van der Waals surface area contributed by atoms with Crippen LogP contribution in [-0.4, -0.2) is 47.8 Å². The normalized spacial score (nSPS) is 19.7. The maximum Gasteiger partial charge on any atom is 0.258 e. The van der Waals surface area contributed by atoms with E-state index in [0.29, 0.717) is 23.0 Å². The third-order valence-electron chi connectivity index (χ3n) is 5.47. The summed E-state index contributed by atoms with van der Waals surface area (Å²) in [5, 5.41) is 4.00. The van der Waals surface area contributed by atoms with Crippen molar-refractivity contribution in [3.8, 4) is 11.5 Å². The van der Waals surface area contributed by atoms with E-state index in [-0.39, 0.29) is 18.2 Å². The smallest absolute Gasteiger partial charge is 0.258 e. The first-order valence-corrected chi connectivity index (χ1v) is 8.99. The van der Waals surface area contributed by atoms with Gasteiger partial charge in [0.1, 0.15) is 5.82 Å². The molecule has 1 aromatic carbocycles. The van der Waals surface area contributed by atoms with Gasteiger partial charge in [-0.3, -0.25) is 0 Å². The fraction of sp³-hybridized carbons (Fsp3) is 0.556. The summed E-state index contributed by atoms with van der Waals surface area (Å²) in [6, 6.07) is 5.12. The first-order chi connectivity index (χ1) is 12.1. The topological polar surface area (TPSA) is 71.4 Å². The predicted molar refractivity (Wildman–Crippen MR) is 101 cm³/mol. The van der Waals surface area contributed by atoms with Crippen molar-refractivity contribution in [1.29, 1.82) is 0 Å². The second kappa shape index (κ2) is 7.50. The van der Waals surface area contributed by atoms with E-state index in [0.717, 1.165) is 52.0 Å². The minimum absolute atomic E-state index is 0. The van der Waals surface area contributed by atoms with Crippen LogP contribution in [0.5, 0.6) is 0 Å². The summed E-state index contributed by atoms with van der Waals surface area (Å²) in [5.74, 6) is 0.593. The van der Waals surface area contributed by atoms with Gasteiger partial charge in [-0.1, -0.05) is 12.1 Å². The molecule has 0 atom stereocenters. The quantitative estimate of drug-likeness (QED) is 0.878. The molecule has 1 saturated heterocycles. The summed E-state index contributed by atoms with van der Waals surface area (Å²) < 4.78 is 20.0. The molecule has 1 saturated carbocycles. The Morgan fingerprint density at radius 1 is 1.23 bits per heavy atom. The SMILES string of the molecule is CCN1CCN(c2ccc(-c3nc(C4(N)CCC4)no3)cc2F)CC1.Cl. The van der Waals surface area contributed by atoms with Crippen LogP contribution in [0.2, 0.25) is 0 Å². The van der Waals surface area contributed by atoms with E-state index in [9.17, 15) is 4.39 Å². The van der Waals surface area contributed by atoms with Crippen LogP contribution in [0.15, 0.2) is 22.7 Å². The highest BCUT2D eigenvalue weighted by Crippen LogP contribution is 2.38. The Bertz CT molecular complexity index is 756. The van der Waals surface area contributed by atoms with Crippen LogP contribution in [0.3, 0.4) is 0 Å². The van der Waals surface area contributed by atoms with Gasteiger partial charge < -0.3 is 20.1 Å². The molecule has 26 heavy (non-hydrogen) atoms. The van der Waals surface area contributed by atoms with Crippen LogP contribution < -0.4 is 10.6 Å². The molecular weight excluding hydrogens is 357 g/mol. The molecule has 0 amide bonds. The average molecular weight is 382 g/mol. The summed E-state index contributed by atoms with van der Waals surface area (Å²) in [4.78, 5) is 8.85. The first kappa shape index (κ1) is 19.1. The van der Waals surface area contributed by atoms with E-state index in [1.54, 1.807) is 6.07 Å². The Hall–Kier alpha value is -1.70. The van der Waals surface area contributed by atoms with Crippen LogP contribution in [0, 0.1) is 5.82 Å². The lowest BCUT2D eigenvalue weighted by Gasteiger charge is -2.35. The van der Waals surface area contributed by atoms with Gasteiger partial charge in [0, 0.05) is 31.7 Å². The van der Waals surface area contributed by atoms with Crippen molar-refractivity contribution in [2.75, 3.05) is 37.6 Å². The summed E-state index contributed by atoms with van der Waals surface area (Å²) in [6.45, 7) is 6.79. The third-order valence-corrected chi connectivity index (χ3v) is 5.47. The zero-order chi connectivity index (χ0) is 17.4. The molecule has 2 fully saturated rings. The largest absolute Gasteiger partial charge is 0.367 e. The number of likely N-dealkylation sites (N-methyl/N-ethyl adjacent to an activating group) is 1. The fourth-order valence-electron chi connectivity index (χ4n) is 3.53. The molecule has 4 rings (SSSR count). The van der Waals surface area contributed by atoms with Gasteiger partial charge in [0.2, 0.25) is 0 Å². The lowest BCUT2D eigenvalue weighted by Crippen LogP contribution is -2.46. The van der Waals surface area contributed by atoms with Gasteiger partial charge in [-0.05, 0) is 44.0 Å². The van der Waals surface area contributed by atoms with Crippen molar-refractivity contribution >= 4 is 18.1 Å². The molecule has 2 aliphatic rings. The highest BCUT2D eigenvalue weighted by Gasteiger charge is 2.39. The van der Waals surface area contributed by atoms with Gasteiger partial charge >= 0.3 is 0 Å². The summed E-state index contributed by atoms with van der Waals surface area (Å²) in [6.07, 6.45) is 2.81. The Morgan fingerprint density at radius 2 is 1.96 bits per heavy atom. The second-order valence-corrected chi connectivity index (χ2v) is 7.02. The van der Waals surface area contributed by atoms with E-state index in [2.05, 4.69) is 26.9 Å². The van der Waals surface area contributed by atoms with Crippen LogP contribution in [-0.2, 0) is 5.54 Å². The number of rotatable bonds is 4. The minimum Gasteiger partial charge on any atom is -0.367 e. The molecule has 0 radical (unpaired) electrons. The van der Waals surface area contributed by atoms with Gasteiger partial charge in [0.25, 0.3) is 5.89 Å². The monoisotopic (exact) mass is 381 g/mol. The standard InChI is InChI=1S/C18H24FN5O.ClH/c1-2-23-8-10-24(11-9-23)15-5-4-13(12-14(15)19)16-21-17(22-25-16)18(20)6-3-7-18;/h4-5,12H,2-3,6-11,20H2,1H3;1H. The van der Waals surface area contributed by atoms with Gasteiger partial charge in [-0.25, -0.2) is 4.39 Å². The zero-order valence-corrected chi connectivity index (χ0v) is 15.8. The summed E-state index contributed by atoms with van der Waals surface area (Å²) in [5.41, 5.74) is 6.97. The summed E-state index contributed by atoms with van der Waals surface area (Å²) in [7, 11) is 0. The predicted octanol–water partition coefficient (Wildman–Crippen LogP) is 2.78. The van der Waals surface area contributed by atoms with E-state index in [1.807, 2.05) is 6.07 Å². The number of nitrogens with zero attached hydrogens (tertiary/aromatic N) is 4. The van der Waals surface area contributed by atoms with E-state index in [4.69, 9.17) is 10.3 Å². The maximum absolute atomic E-state index is 14.6. The molecule has 142 valence electrons. The van der Waals surface area contributed by atoms with Gasteiger partial charge in [-0.15, -0.1) is 12.4 Å². The fourth-order valence-corrected chi connectivity index (χ4v) is 3.53. The molecule has 1 aliphatic heterocycles. The molecule has 2 heterocycles. The van der Waals surface area contributed by atoms with Crippen molar-refractivity contribution in [2.45, 2.75) is 31.7 Å². The molecule has 1 aromatic heterocycles. The number of benzene rings is 1. The molecule has 1 aliphatic carbocycles. The van der Waals surface area contributed by atoms with Gasteiger partial charge in [0.05, 0.1) is 11.2 Å². The van der Waals surface area contributed by atoms with E-state index < -0.39 is 5.54 Å². The van der Waals surface area contributed by atoms with Gasteiger partial charge in [-0.2, -0.15) is 4.98 Å². The Labute approximate surface area is 158 Å². The maximum atomic E-state index is 14.6. The number of nitrogens with two attached hydrogens (primary N) is 1. The van der Waals surface area contributed by atoms with Crippen LogP contribution in [0.4, 0.5) is 10.1 Å². The van der Waals surface area contributed by atoms with Gasteiger partial charge in [0.15, 0.2) is 5.82 Å². The lowest BCUT2D eigenvalue weighted by molar-refractivity contribution is 0.229. The number of hydrogen-bond acceptors (Lipinski definition) is 6. The van der Waals surface area contributed by atoms with Crippen molar-refractivity contribution in [3.63, 3.8) is 0 Å². The molecule has 0 bridgehead atoms. The van der Waals surface area contributed by atoms with Crippen LogP contribution in [0.25, 0.3) is 11.5 Å². The average Bonchev–Trinajstić information content (AvgIpc) is 3.10. The van der Waals surface area contributed by atoms with Crippen molar-refractivity contribution in [3.05, 3.63) is 29.8 Å². The number of hydrogen-bond donors (Lipinski definition) is 1. The Morgan fingerprint density at radius 3 is 2.54 bits per heavy atom. The van der Waals surface area contributed by atoms with Crippen LogP contribution in [0.1, 0.15) is 32.0 Å². The van der Waals surface area contributed by atoms with Crippen molar-refractivity contribution in [2.24, 2.45) is 5.73 Å². The van der Waals surface area contributed by atoms with Crippen molar-refractivity contribution in [1.82, 2.24) is 15.0 Å². The minimum atomic E-state index is -0.473. The Kier molecular flexibility index (Phi) is 5.50. The molecule has 0 spiro atoms. The lowest BCUT2D eigenvalue weighted by atomic mass is 9.77. The number of piperazine rings is 1. The van der Waals surface area contributed by atoms with E-state index >= 15 is 0 Å². The number of aromatic nitrogens is 2. The van der Waals surface area contributed by atoms with Crippen LogP contribution >= 0.6 is 12.4 Å². The van der Waals surface area contributed by atoms with E-state index in [1.165, 1.54) is 6.07 Å². The molecule has 8 heteroatoms. The molecule has 6 nitrogen and oxygen atoms in total. The molecule has 2 aromatic rings. The van der Waals surface area contributed by atoms with Crippen molar-refractivity contribution < 1.29 is 8.91 Å². The third kappa shape index (κ3) is 3.43. The highest BCUT2D eigenvalue weighted by molar-refractivity contribution is 5.85. The zero-order valence-electron chi connectivity index (χ0n) is 14.9. The highest BCUT2D eigenvalue weighted by atomic mass is 35.5. The Balaban J connectivity index is 0.00000196. The summed E-state index contributed by atoms with van der Waals surface area (Å²) >= 11 is 0. The molecule has 0 unspecified atom stereocenters. The molecule has 2 N–H and O–H groups in total. The first-order valence-electron chi connectivity index (χ1n) is 8.99.